The third-order valence-corrected chi connectivity index (χ3v) is 2.85. The lowest BCUT2D eigenvalue weighted by atomic mass is 10.1. The first kappa shape index (κ1) is 14.9. The van der Waals surface area contributed by atoms with Gasteiger partial charge < -0.3 is 15.4 Å². The fraction of sp³-hybridized carbons (Fsp3) is 0.143. The number of halogens is 2. The summed E-state index contributed by atoms with van der Waals surface area (Å²) in [7, 11) is 0. The van der Waals surface area contributed by atoms with Crippen molar-refractivity contribution in [1.82, 2.24) is 10.3 Å². The Hall–Kier alpha value is -2.54. The number of carbonyl (C=O) groups excluding carboxylic acids is 1. The van der Waals surface area contributed by atoms with E-state index in [0.29, 0.717) is 0 Å². The second-order valence-electron chi connectivity index (χ2n) is 4.31. The van der Waals surface area contributed by atoms with Crippen LogP contribution in [0.15, 0.2) is 41.3 Å². The van der Waals surface area contributed by atoms with E-state index >= 15 is 0 Å². The first-order chi connectivity index (χ1) is 9.99. The quantitative estimate of drug-likeness (QED) is 0.790. The second kappa shape index (κ2) is 6.27. The van der Waals surface area contributed by atoms with Crippen LogP contribution in [0.2, 0.25) is 0 Å². The number of hydrogen-bond donors (Lipinski definition) is 3. The molecule has 2 rings (SSSR count). The van der Waals surface area contributed by atoms with E-state index in [9.17, 15) is 23.5 Å². The minimum absolute atomic E-state index is 0.102. The third kappa shape index (κ3) is 3.51. The Morgan fingerprint density at radius 2 is 2.05 bits per heavy atom. The van der Waals surface area contributed by atoms with Gasteiger partial charge in [0.1, 0.15) is 5.56 Å². The van der Waals surface area contributed by atoms with Crippen LogP contribution >= 0.6 is 0 Å². The molecule has 0 aliphatic carbocycles. The van der Waals surface area contributed by atoms with Crippen molar-refractivity contribution in [3.05, 3.63) is 69.6 Å². The third-order valence-electron chi connectivity index (χ3n) is 2.85. The fourth-order valence-corrected chi connectivity index (χ4v) is 1.72. The maximum Gasteiger partial charge on any atom is 0.260 e. The van der Waals surface area contributed by atoms with Gasteiger partial charge in [0.2, 0.25) is 0 Å². The molecule has 0 radical (unpaired) electrons. The van der Waals surface area contributed by atoms with Crippen molar-refractivity contribution in [3.63, 3.8) is 0 Å². The average Bonchev–Trinajstić information content (AvgIpc) is 2.47. The van der Waals surface area contributed by atoms with Crippen LogP contribution < -0.4 is 10.9 Å². The number of aromatic amines is 1. The second-order valence-corrected chi connectivity index (χ2v) is 4.31. The van der Waals surface area contributed by atoms with Gasteiger partial charge in [-0.15, -0.1) is 0 Å². The van der Waals surface area contributed by atoms with Gasteiger partial charge in [-0.2, -0.15) is 0 Å². The Bertz CT molecular complexity index is 715. The van der Waals surface area contributed by atoms with Crippen molar-refractivity contribution < 1.29 is 18.7 Å². The first-order valence-electron chi connectivity index (χ1n) is 6.08. The van der Waals surface area contributed by atoms with E-state index in [-0.39, 0.29) is 17.7 Å². The summed E-state index contributed by atoms with van der Waals surface area (Å²) in [4.78, 5) is 25.5. The lowest BCUT2D eigenvalue weighted by molar-refractivity contribution is 0.0914. The van der Waals surface area contributed by atoms with Crippen LogP contribution in [-0.2, 0) is 0 Å². The van der Waals surface area contributed by atoms with Crippen LogP contribution in [0, 0.1) is 11.6 Å². The number of aromatic nitrogens is 1. The summed E-state index contributed by atoms with van der Waals surface area (Å²) in [5, 5.41) is 12.2. The van der Waals surface area contributed by atoms with Gasteiger partial charge in [0.15, 0.2) is 11.6 Å². The van der Waals surface area contributed by atoms with Crippen molar-refractivity contribution in [2.24, 2.45) is 0 Å². The highest BCUT2D eigenvalue weighted by Crippen LogP contribution is 2.15. The van der Waals surface area contributed by atoms with E-state index in [0.717, 1.165) is 12.1 Å². The zero-order valence-electron chi connectivity index (χ0n) is 10.8. The number of H-pyrrole nitrogens is 1. The van der Waals surface area contributed by atoms with E-state index in [1.807, 2.05) is 0 Å². The largest absolute Gasteiger partial charge is 0.387 e. The molecule has 0 saturated heterocycles. The molecular formula is C14H12F2N2O3. The van der Waals surface area contributed by atoms with E-state index in [1.165, 1.54) is 24.4 Å². The molecule has 2 aromatic rings. The summed E-state index contributed by atoms with van der Waals surface area (Å²) in [6.45, 7) is -0.238. The van der Waals surface area contributed by atoms with Crippen LogP contribution in [0.1, 0.15) is 22.0 Å². The molecule has 0 spiro atoms. The molecule has 1 aromatic heterocycles. The van der Waals surface area contributed by atoms with E-state index in [2.05, 4.69) is 10.3 Å². The van der Waals surface area contributed by atoms with Gasteiger partial charge in [-0.1, -0.05) is 6.07 Å². The van der Waals surface area contributed by atoms with Crippen LogP contribution in [0.4, 0.5) is 8.78 Å². The van der Waals surface area contributed by atoms with E-state index in [1.54, 1.807) is 0 Å². The average molecular weight is 294 g/mol. The van der Waals surface area contributed by atoms with Gasteiger partial charge in [0.05, 0.1) is 6.10 Å². The van der Waals surface area contributed by atoms with Gasteiger partial charge in [-0.3, -0.25) is 9.59 Å². The highest BCUT2D eigenvalue weighted by molar-refractivity contribution is 5.93. The highest BCUT2D eigenvalue weighted by atomic mass is 19.2. The maximum absolute atomic E-state index is 13.0. The Kier molecular flexibility index (Phi) is 4.44. The van der Waals surface area contributed by atoms with E-state index in [4.69, 9.17) is 0 Å². The molecule has 110 valence electrons. The number of nitrogens with one attached hydrogen (secondary N) is 2. The van der Waals surface area contributed by atoms with Gasteiger partial charge in [-0.25, -0.2) is 8.78 Å². The lowest BCUT2D eigenvalue weighted by Gasteiger charge is -2.12. The molecule has 0 unspecified atom stereocenters. The summed E-state index contributed by atoms with van der Waals surface area (Å²) < 4.78 is 25.8. The number of rotatable bonds is 4. The van der Waals surface area contributed by atoms with Gasteiger partial charge in [0, 0.05) is 12.7 Å². The number of hydrogen-bond acceptors (Lipinski definition) is 3. The predicted molar refractivity (Wildman–Crippen MR) is 70.7 cm³/mol. The standard InChI is InChI=1S/C14H12F2N2O3/c15-10-4-3-8(6-11(10)16)12(19)7-18-14(21)9-2-1-5-17-13(9)20/h1-6,12,19H,7H2,(H,17,20)(H,18,21)/t12-/m1/s1. The Morgan fingerprint density at radius 3 is 2.71 bits per heavy atom. The van der Waals surface area contributed by atoms with Crippen molar-refractivity contribution in [2.45, 2.75) is 6.10 Å². The molecule has 0 aliphatic rings. The summed E-state index contributed by atoms with van der Waals surface area (Å²) in [5.41, 5.74) is -0.538. The molecule has 1 atom stereocenters. The molecule has 0 saturated carbocycles. The smallest absolute Gasteiger partial charge is 0.260 e. The molecule has 5 nitrogen and oxygen atoms in total. The van der Waals surface area contributed by atoms with Gasteiger partial charge >= 0.3 is 0 Å². The number of amides is 1. The molecule has 1 amide bonds. The van der Waals surface area contributed by atoms with Crippen LogP contribution in [0.3, 0.4) is 0 Å². The Balaban J connectivity index is 2.02. The van der Waals surface area contributed by atoms with Crippen LogP contribution in [-0.4, -0.2) is 22.5 Å². The predicted octanol–water partition coefficient (Wildman–Crippen LogP) is 1.12. The fourth-order valence-electron chi connectivity index (χ4n) is 1.72. The summed E-state index contributed by atoms with van der Waals surface area (Å²) in [6, 6.07) is 5.77. The molecule has 21 heavy (non-hydrogen) atoms. The molecule has 0 fully saturated rings. The minimum atomic E-state index is -1.22. The molecule has 0 aliphatic heterocycles. The SMILES string of the molecule is O=C(NC[C@@H](O)c1ccc(F)c(F)c1)c1ccc[nH]c1=O. The van der Waals surface area contributed by atoms with Crippen molar-refractivity contribution in [1.29, 1.82) is 0 Å². The Morgan fingerprint density at radius 1 is 1.29 bits per heavy atom. The molecule has 3 N–H and O–H groups in total. The zero-order chi connectivity index (χ0) is 15.4. The summed E-state index contributed by atoms with van der Waals surface area (Å²) >= 11 is 0. The normalized spacial score (nSPS) is 12.0. The molecule has 1 heterocycles. The number of aliphatic hydroxyl groups is 1. The molecule has 7 heteroatoms. The van der Waals surface area contributed by atoms with Crippen molar-refractivity contribution >= 4 is 5.91 Å². The molecule has 1 aromatic carbocycles. The number of carbonyl (C=O) groups is 1. The van der Waals surface area contributed by atoms with Gasteiger partial charge in [-0.05, 0) is 29.8 Å². The Labute approximate surface area is 118 Å². The molecule has 0 bridgehead atoms. The summed E-state index contributed by atoms with van der Waals surface area (Å²) in [6.07, 6.45) is 0.168. The van der Waals surface area contributed by atoms with Crippen LogP contribution in [0.5, 0.6) is 0 Å². The minimum Gasteiger partial charge on any atom is -0.387 e. The monoisotopic (exact) mass is 294 g/mol. The van der Waals surface area contributed by atoms with Gasteiger partial charge in [0.25, 0.3) is 11.5 Å². The summed E-state index contributed by atoms with van der Waals surface area (Å²) in [5.74, 6) is -2.78. The first-order valence-corrected chi connectivity index (χ1v) is 6.08. The lowest BCUT2D eigenvalue weighted by Crippen LogP contribution is -2.32. The maximum atomic E-state index is 13.0. The van der Waals surface area contributed by atoms with Crippen LogP contribution in [0.25, 0.3) is 0 Å². The molecular weight excluding hydrogens is 282 g/mol. The number of benzene rings is 1. The van der Waals surface area contributed by atoms with Crippen molar-refractivity contribution in [3.8, 4) is 0 Å². The zero-order valence-corrected chi connectivity index (χ0v) is 10.8. The van der Waals surface area contributed by atoms with E-state index < -0.39 is 29.2 Å². The number of aliphatic hydroxyl groups excluding tert-OH is 1. The number of pyridine rings is 1. The highest BCUT2D eigenvalue weighted by Gasteiger charge is 2.14. The van der Waals surface area contributed by atoms with Crippen molar-refractivity contribution in [2.75, 3.05) is 6.54 Å². The topological polar surface area (TPSA) is 82.2 Å².